The van der Waals surface area contributed by atoms with Crippen molar-refractivity contribution in [1.29, 1.82) is 0 Å². The summed E-state index contributed by atoms with van der Waals surface area (Å²) in [5.41, 5.74) is 6.48. The van der Waals surface area contributed by atoms with Gasteiger partial charge < -0.3 is 15.4 Å². The van der Waals surface area contributed by atoms with Gasteiger partial charge in [0.05, 0.1) is 12.2 Å². The highest BCUT2D eigenvalue weighted by Crippen LogP contribution is 2.23. The predicted octanol–water partition coefficient (Wildman–Crippen LogP) is 3.08. The van der Waals surface area contributed by atoms with Crippen LogP contribution in [-0.2, 0) is 4.79 Å². The Morgan fingerprint density at radius 3 is 2.90 bits per heavy atom. The number of likely N-dealkylation sites (tertiary alicyclic amines) is 1. The molecule has 21 heavy (non-hydrogen) atoms. The zero-order chi connectivity index (χ0) is 15.1. The average Bonchev–Trinajstić information content (AvgIpc) is 2.65. The van der Waals surface area contributed by atoms with E-state index in [0.29, 0.717) is 36.9 Å². The Morgan fingerprint density at radius 1 is 1.33 bits per heavy atom. The van der Waals surface area contributed by atoms with E-state index in [-0.39, 0.29) is 5.91 Å². The second-order valence-electron chi connectivity index (χ2n) is 5.75. The van der Waals surface area contributed by atoms with Gasteiger partial charge in [0, 0.05) is 13.0 Å². The third-order valence-corrected chi connectivity index (χ3v) is 4.16. The second-order valence-corrected chi connectivity index (χ2v) is 5.75. The first kappa shape index (κ1) is 15.7. The van der Waals surface area contributed by atoms with Crippen LogP contribution < -0.4 is 10.5 Å². The van der Waals surface area contributed by atoms with Crippen LogP contribution in [0.2, 0.25) is 0 Å². The van der Waals surface area contributed by atoms with Crippen LogP contribution in [0.5, 0.6) is 5.75 Å². The van der Waals surface area contributed by atoms with E-state index in [0.717, 1.165) is 19.4 Å². The standard InChI is InChI=1S/C17H26N2O2/c1-2-5-14-8-9-17(20)19(11-10-14)12-13-21-16-7-4-3-6-15(16)18/h3-4,6-7,14H,2,5,8-13,18H2,1H3. The first-order chi connectivity index (χ1) is 10.2. The number of anilines is 1. The molecule has 1 amide bonds. The molecule has 1 aromatic carbocycles. The molecule has 0 radical (unpaired) electrons. The first-order valence-electron chi connectivity index (χ1n) is 7.95. The summed E-state index contributed by atoms with van der Waals surface area (Å²) in [5, 5.41) is 0. The number of carbonyl (C=O) groups excluding carboxylic acids is 1. The van der Waals surface area contributed by atoms with Crippen LogP contribution in [-0.4, -0.2) is 30.5 Å². The molecule has 1 heterocycles. The Balaban J connectivity index is 1.79. The van der Waals surface area contributed by atoms with Crippen molar-refractivity contribution in [3.8, 4) is 5.75 Å². The number of amides is 1. The van der Waals surface area contributed by atoms with Gasteiger partial charge in [-0.15, -0.1) is 0 Å². The van der Waals surface area contributed by atoms with Crippen LogP contribution >= 0.6 is 0 Å². The molecule has 1 saturated heterocycles. The highest BCUT2D eigenvalue weighted by atomic mass is 16.5. The maximum atomic E-state index is 12.1. The Morgan fingerprint density at radius 2 is 2.14 bits per heavy atom. The SMILES string of the molecule is CCCC1CCC(=O)N(CCOc2ccccc2N)CC1. The normalized spacial score (nSPS) is 19.4. The molecule has 1 atom stereocenters. The second kappa shape index (κ2) is 7.91. The van der Waals surface area contributed by atoms with E-state index in [9.17, 15) is 4.79 Å². The number of benzene rings is 1. The van der Waals surface area contributed by atoms with E-state index in [1.54, 1.807) is 0 Å². The molecule has 2 rings (SSSR count). The molecule has 1 aliphatic heterocycles. The van der Waals surface area contributed by atoms with Crippen molar-refractivity contribution in [2.45, 2.75) is 39.0 Å². The van der Waals surface area contributed by atoms with Gasteiger partial charge in [-0.2, -0.15) is 0 Å². The summed E-state index contributed by atoms with van der Waals surface area (Å²) in [4.78, 5) is 14.1. The maximum Gasteiger partial charge on any atom is 0.222 e. The fraction of sp³-hybridized carbons (Fsp3) is 0.588. The molecular formula is C17H26N2O2. The fourth-order valence-electron chi connectivity index (χ4n) is 2.90. The van der Waals surface area contributed by atoms with Crippen molar-refractivity contribution in [3.63, 3.8) is 0 Å². The summed E-state index contributed by atoms with van der Waals surface area (Å²) in [6.45, 7) is 4.21. The minimum Gasteiger partial charge on any atom is -0.490 e. The largest absolute Gasteiger partial charge is 0.490 e. The monoisotopic (exact) mass is 290 g/mol. The molecule has 0 aliphatic carbocycles. The van der Waals surface area contributed by atoms with Crippen molar-refractivity contribution in [3.05, 3.63) is 24.3 Å². The third-order valence-electron chi connectivity index (χ3n) is 4.16. The molecule has 1 aliphatic rings. The smallest absolute Gasteiger partial charge is 0.222 e. The van der Waals surface area contributed by atoms with Gasteiger partial charge in [0.25, 0.3) is 0 Å². The molecule has 116 valence electrons. The minimum absolute atomic E-state index is 0.262. The number of rotatable bonds is 6. The average molecular weight is 290 g/mol. The van der Waals surface area contributed by atoms with Crippen molar-refractivity contribution < 1.29 is 9.53 Å². The third kappa shape index (κ3) is 4.66. The molecule has 0 saturated carbocycles. The summed E-state index contributed by atoms with van der Waals surface area (Å²) in [7, 11) is 0. The Bertz CT molecular complexity index is 462. The number of nitrogens with zero attached hydrogens (tertiary/aromatic N) is 1. The number of carbonyl (C=O) groups is 1. The van der Waals surface area contributed by atoms with Crippen LogP contribution in [0.3, 0.4) is 0 Å². The Kier molecular flexibility index (Phi) is 5.90. The van der Waals surface area contributed by atoms with E-state index in [4.69, 9.17) is 10.5 Å². The Labute approximate surface area is 127 Å². The van der Waals surface area contributed by atoms with Crippen LogP contribution in [0.1, 0.15) is 39.0 Å². The molecule has 0 aromatic heterocycles. The summed E-state index contributed by atoms with van der Waals surface area (Å²) < 4.78 is 5.68. The van der Waals surface area contributed by atoms with Gasteiger partial charge in [-0.25, -0.2) is 0 Å². The van der Waals surface area contributed by atoms with Gasteiger partial charge in [-0.05, 0) is 30.9 Å². The van der Waals surface area contributed by atoms with E-state index in [2.05, 4.69) is 6.92 Å². The molecule has 1 fully saturated rings. The van der Waals surface area contributed by atoms with Crippen molar-refractivity contribution in [2.75, 3.05) is 25.4 Å². The molecule has 2 N–H and O–H groups in total. The summed E-state index contributed by atoms with van der Waals surface area (Å²) in [5.74, 6) is 1.66. The summed E-state index contributed by atoms with van der Waals surface area (Å²) >= 11 is 0. The lowest BCUT2D eigenvalue weighted by molar-refractivity contribution is -0.131. The van der Waals surface area contributed by atoms with Gasteiger partial charge in [0.15, 0.2) is 0 Å². The topological polar surface area (TPSA) is 55.6 Å². The molecule has 1 unspecified atom stereocenters. The van der Waals surface area contributed by atoms with Crippen LogP contribution in [0, 0.1) is 5.92 Å². The zero-order valence-corrected chi connectivity index (χ0v) is 12.9. The summed E-state index contributed by atoms with van der Waals surface area (Å²) in [6, 6.07) is 7.46. The molecule has 4 nitrogen and oxygen atoms in total. The summed E-state index contributed by atoms with van der Waals surface area (Å²) in [6.07, 6.45) is 5.27. The van der Waals surface area contributed by atoms with Gasteiger partial charge >= 0.3 is 0 Å². The lowest BCUT2D eigenvalue weighted by atomic mass is 9.96. The lowest BCUT2D eigenvalue weighted by Gasteiger charge is -2.21. The Hall–Kier alpha value is -1.71. The number of nitrogen functional groups attached to an aromatic ring is 1. The highest BCUT2D eigenvalue weighted by molar-refractivity contribution is 5.76. The van der Waals surface area contributed by atoms with E-state index in [1.165, 1.54) is 12.8 Å². The quantitative estimate of drug-likeness (QED) is 0.819. The molecule has 1 aromatic rings. The highest BCUT2D eigenvalue weighted by Gasteiger charge is 2.21. The van der Waals surface area contributed by atoms with Crippen LogP contribution in [0.15, 0.2) is 24.3 Å². The minimum atomic E-state index is 0.262. The van der Waals surface area contributed by atoms with Gasteiger partial charge in [0.1, 0.15) is 12.4 Å². The van der Waals surface area contributed by atoms with Gasteiger partial charge in [0.2, 0.25) is 5.91 Å². The number of nitrogens with two attached hydrogens (primary N) is 1. The number of ether oxygens (including phenoxy) is 1. The molecule has 0 spiro atoms. The molecular weight excluding hydrogens is 264 g/mol. The molecule has 4 heteroatoms. The zero-order valence-electron chi connectivity index (χ0n) is 12.9. The number of hydrogen-bond donors (Lipinski definition) is 1. The van der Waals surface area contributed by atoms with E-state index >= 15 is 0 Å². The van der Waals surface area contributed by atoms with Crippen molar-refractivity contribution in [1.82, 2.24) is 4.90 Å². The van der Waals surface area contributed by atoms with Crippen LogP contribution in [0.25, 0.3) is 0 Å². The van der Waals surface area contributed by atoms with Crippen LogP contribution in [0.4, 0.5) is 5.69 Å². The van der Waals surface area contributed by atoms with E-state index < -0.39 is 0 Å². The van der Waals surface area contributed by atoms with Crippen molar-refractivity contribution in [2.24, 2.45) is 5.92 Å². The van der Waals surface area contributed by atoms with Gasteiger partial charge in [-0.1, -0.05) is 31.9 Å². The first-order valence-corrected chi connectivity index (χ1v) is 7.95. The lowest BCUT2D eigenvalue weighted by Crippen LogP contribution is -2.34. The fourth-order valence-corrected chi connectivity index (χ4v) is 2.90. The number of hydrogen-bond acceptors (Lipinski definition) is 3. The van der Waals surface area contributed by atoms with Crippen molar-refractivity contribution >= 4 is 11.6 Å². The maximum absolute atomic E-state index is 12.1. The number of para-hydroxylation sites is 2. The van der Waals surface area contributed by atoms with E-state index in [1.807, 2.05) is 29.2 Å². The molecule has 0 bridgehead atoms. The predicted molar refractivity (Wildman–Crippen MR) is 85.2 cm³/mol. The van der Waals surface area contributed by atoms with Gasteiger partial charge in [-0.3, -0.25) is 4.79 Å².